The summed E-state index contributed by atoms with van der Waals surface area (Å²) < 4.78 is 19.2. The van der Waals surface area contributed by atoms with Crippen LogP contribution in [0.2, 0.25) is 0 Å². The number of amides is 1. The van der Waals surface area contributed by atoms with Crippen LogP contribution >= 0.6 is 0 Å². The number of benzene rings is 2. The zero-order valence-electron chi connectivity index (χ0n) is 18.1. The van der Waals surface area contributed by atoms with Crippen LogP contribution in [0.4, 0.5) is 4.39 Å². The summed E-state index contributed by atoms with van der Waals surface area (Å²) in [6, 6.07) is 11.2. The lowest BCUT2D eigenvalue weighted by Crippen LogP contribution is -2.27. The number of carbonyl (C=O) groups is 3. The van der Waals surface area contributed by atoms with Crippen LogP contribution in [-0.2, 0) is 4.79 Å². The highest BCUT2D eigenvalue weighted by atomic mass is 19.1. The highest BCUT2D eigenvalue weighted by molar-refractivity contribution is 5.96. The summed E-state index contributed by atoms with van der Waals surface area (Å²) in [5.41, 5.74) is 1.38. The molecule has 7 heteroatoms. The number of aryl methyl sites for hydroxylation is 1. The van der Waals surface area contributed by atoms with Gasteiger partial charge < -0.3 is 15.2 Å². The molecule has 0 aliphatic heterocycles. The molecule has 1 fully saturated rings. The number of Topliss-reactive ketones (excluding diaryl/α,β-unsaturated/α-hetero) is 1. The monoisotopic (exact) mass is 441 g/mol. The van der Waals surface area contributed by atoms with Crippen LogP contribution in [0.3, 0.4) is 0 Å². The van der Waals surface area contributed by atoms with E-state index in [1.807, 2.05) is 0 Å². The van der Waals surface area contributed by atoms with Crippen molar-refractivity contribution >= 4 is 17.7 Å². The van der Waals surface area contributed by atoms with Gasteiger partial charge in [0.15, 0.2) is 5.78 Å². The Morgan fingerprint density at radius 3 is 2.31 bits per heavy atom. The number of ether oxygens (including phenoxy) is 1. The lowest BCUT2D eigenvalue weighted by Gasteiger charge is -2.26. The number of hydrogen-bond donors (Lipinski definition) is 2. The Hall–Kier alpha value is -3.22. The molecule has 3 rings (SSSR count). The quantitative estimate of drug-likeness (QED) is 0.440. The fraction of sp³-hybridized carbons (Fsp3) is 0.400. The largest absolute Gasteiger partial charge is 0.490 e. The predicted molar refractivity (Wildman–Crippen MR) is 117 cm³/mol. The van der Waals surface area contributed by atoms with Crippen LogP contribution in [0, 0.1) is 18.7 Å². The van der Waals surface area contributed by atoms with E-state index in [1.165, 1.54) is 18.2 Å². The minimum Gasteiger partial charge on any atom is -0.490 e. The molecule has 170 valence electrons. The maximum absolute atomic E-state index is 13.3. The predicted octanol–water partition coefficient (Wildman–Crippen LogP) is 4.55. The van der Waals surface area contributed by atoms with E-state index in [2.05, 4.69) is 5.32 Å². The Morgan fingerprint density at radius 1 is 1.03 bits per heavy atom. The number of carbonyl (C=O) groups excluding carboxylic acids is 2. The molecule has 0 unspecified atom stereocenters. The van der Waals surface area contributed by atoms with Gasteiger partial charge in [0.25, 0.3) is 5.91 Å². The number of carboxylic acid groups (broad SMARTS) is 1. The molecular weight excluding hydrogens is 413 g/mol. The van der Waals surface area contributed by atoms with E-state index in [1.54, 1.807) is 31.2 Å². The minimum absolute atomic E-state index is 0.000609. The van der Waals surface area contributed by atoms with Crippen molar-refractivity contribution in [1.29, 1.82) is 0 Å². The Bertz CT molecular complexity index is 965. The van der Waals surface area contributed by atoms with E-state index in [9.17, 15) is 18.8 Å². The number of halogens is 1. The van der Waals surface area contributed by atoms with E-state index < -0.39 is 5.97 Å². The lowest BCUT2D eigenvalue weighted by atomic mass is 9.87. The number of aliphatic carboxylic acids is 1. The van der Waals surface area contributed by atoms with Gasteiger partial charge in [-0.2, -0.15) is 0 Å². The summed E-state index contributed by atoms with van der Waals surface area (Å²) in [5, 5.41) is 11.8. The van der Waals surface area contributed by atoms with Crippen molar-refractivity contribution in [2.75, 3.05) is 6.54 Å². The van der Waals surface area contributed by atoms with Gasteiger partial charge in [0.05, 0.1) is 12.0 Å². The molecule has 1 aliphatic carbocycles. The Balaban J connectivity index is 1.39. The molecule has 0 radical (unpaired) electrons. The van der Waals surface area contributed by atoms with Crippen LogP contribution in [0.1, 0.15) is 64.8 Å². The van der Waals surface area contributed by atoms with E-state index in [0.717, 1.165) is 0 Å². The standard InChI is InChI=1S/C25H28FNO5/c1-16-15-19(8-13-22(16)26)24(29)27-14-2-3-23(28)17-4-9-20(10-5-17)32-21-11-6-18(7-12-21)25(30)31/h4-5,8-10,13,15,18,21H,2-3,6-7,11-12,14H2,1H3,(H,27,29)(H,30,31). The van der Waals surface area contributed by atoms with Gasteiger partial charge >= 0.3 is 5.97 Å². The number of carboxylic acids is 1. The fourth-order valence-electron chi connectivity index (χ4n) is 3.82. The third-order valence-corrected chi connectivity index (χ3v) is 5.79. The fourth-order valence-corrected chi connectivity index (χ4v) is 3.82. The summed E-state index contributed by atoms with van der Waals surface area (Å²) in [5.74, 6) is -1.02. The first kappa shape index (κ1) is 23.4. The summed E-state index contributed by atoms with van der Waals surface area (Å²) in [7, 11) is 0. The van der Waals surface area contributed by atoms with Gasteiger partial charge in [0, 0.05) is 24.1 Å². The molecule has 0 heterocycles. The van der Waals surface area contributed by atoms with Gasteiger partial charge in [-0.1, -0.05) is 0 Å². The van der Waals surface area contributed by atoms with Crippen molar-refractivity contribution in [3.63, 3.8) is 0 Å². The highest BCUT2D eigenvalue weighted by Crippen LogP contribution is 2.28. The molecule has 1 amide bonds. The summed E-state index contributed by atoms with van der Waals surface area (Å²) in [6.45, 7) is 1.95. The molecule has 32 heavy (non-hydrogen) atoms. The average Bonchev–Trinajstić information content (AvgIpc) is 2.79. The smallest absolute Gasteiger partial charge is 0.306 e. The Morgan fingerprint density at radius 2 is 1.69 bits per heavy atom. The van der Waals surface area contributed by atoms with Crippen LogP contribution in [0.5, 0.6) is 5.75 Å². The zero-order valence-corrected chi connectivity index (χ0v) is 18.1. The van der Waals surface area contributed by atoms with Crippen molar-refractivity contribution in [2.24, 2.45) is 5.92 Å². The third kappa shape index (κ3) is 6.39. The summed E-state index contributed by atoms with van der Waals surface area (Å²) in [6.07, 6.45) is 3.45. The molecule has 0 saturated heterocycles. The molecule has 0 bridgehead atoms. The maximum Gasteiger partial charge on any atom is 0.306 e. The molecule has 1 aliphatic rings. The second-order valence-electron chi connectivity index (χ2n) is 8.20. The molecule has 2 aromatic carbocycles. The minimum atomic E-state index is -0.739. The second-order valence-corrected chi connectivity index (χ2v) is 8.20. The van der Waals surface area contributed by atoms with Gasteiger partial charge in [0.2, 0.25) is 0 Å². The van der Waals surface area contributed by atoms with Crippen LogP contribution < -0.4 is 10.1 Å². The number of rotatable bonds is 9. The van der Waals surface area contributed by atoms with E-state index >= 15 is 0 Å². The van der Waals surface area contributed by atoms with Crippen molar-refractivity contribution < 1.29 is 28.6 Å². The van der Waals surface area contributed by atoms with Crippen molar-refractivity contribution in [2.45, 2.75) is 51.6 Å². The number of nitrogens with one attached hydrogen (secondary N) is 1. The van der Waals surface area contributed by atoms with E-state index in [4.69, 9.17) is 9.84 Å². The molecule has 2 N–H and O–H groups in total. The van der Waals surface area contributed by atoms with Gasteiger partial charge in [-0.3, -0.25) is 14.4 Å². The van der Waals surface area contributed by atoms with Crippen LogP contribution in [0.25, 0.3) is 0 Å². The lowest BCUT2D eigenvalue weighted by molar-refractivity contribution is -0.143. The second kappa shape index (κ2) is 10.9. The zero-order chi connectivity index (χ0) is 23.1. The molecule has 0 aromatic heterocycles. The first-order valence-corrected chi connectivity index (χ1v) is 10.9. The first-order valence-electron chi connectivity index (χ1n) is 10.9. The maximum atomic E-state index is 13.3. The van der Waals surface area contributed by atoms with Crippen molar-refractivity contribution in [3.05, 3.63) is 65.0 Å². The molecular formula is C25H28FNO5. The van der Waals surface area contributed by atoms with Crippen molar-refractivity contribution in [3.8, 4) is 5.75 Å². The van der Waals surface area contributed by atoms with Gasteiger partial charge in [-0.25, -0.2) is 4.39 Å². The summed E-state index contributed by atoms with van der Waals surface area (Å²) >= 11 is 0. The number of hydrogen-bond acceptors (Lipinski definition) is 4. The molecule has 6 nitrogen and oxygen atoms in total. The Kier molecular flexibility index (Phi) is 7.98. The number of ketones is 1. The highest BCUT2D eigenvalue weighted by Gasteiger charge is 2.26. The van der Waals surface area contributed by atoms with Crippen LogP contribution in [0.15, 0.2) is 42.5 Å². The van der Waals surface area contributed by atoms with Crippen molar-refractivity contribution in [1.82, 2.24) is 5.32 Å². The summed E-state index contributed by atoms with van der Waals surface area (Å²) in [4.78, 5) is 35.5. The van der Waals surface area contributed by atoms with Gasteiger partial charge in [0.1, 0.15) is 11.6 Å². The molecule has 2 aromatic rings. The first-order chi connectivity index (χ1) is 15.3. The molecule has 1 saturated carbocycles. The van der Waals surface area contributed by atoms with Gasteiger partial charge in [-0.05, 0) is 87.1 Å². The normalized spacial score (nSPS) is 18.1. The molecule has 0 spiro atoms. The van der Waals surface area contributed by atoms with Gasteiger partial charge in [-0.15, -0.1) is 0 Å². The third-order valence-electron chi connectivity index (χ3n) is 5.79. The topological polar surface area (TPSA) is 92.7 Å². The SMILES string of the molecule is Cc1cc(C(=O)NCCCC(=O)c2ccc(OC3CCC(C(=O)O)CC3)cc2)ccc1F. The van der Waals surface area contributed by atoms with Crippen LogP contribution in [-0.4, -0.2) is 35.4 Å². The van der Waals surface area contributed by atoms with E-state index in [0.29, 0.717) is 67.5 Å². The Labute approximate surface area is 186 Å². The molecule has 0 atom stereocenters. The average molecular weight is 441 g/mol. The van der Waals surface area contributed by atoms with E-state index in [-0.39, 0.29) is 29.5 Å².